The number of hydrogen-bond donors (Lipinski definition) is 1. The van der Waals surface area contributed by atoms with Gasteiger partial charge in [0.15, 0.2) is 0 Å². The SMILES string of the molecule is COc1ccc(/C(O)=C2/C(=O)C(=O)N(c3ccc(C#N)cc3)C2c2cccc(OC)c2)cc1. The van der Waals surface area contributed by atoms with Crippen LogP contribution in [0.2, 0.25) is 0 Å². The number of nitriles is 1. The summed E-state index contributed by atoms with van der Waals surface area (Å²) >= 11 is 0. The lowest BCUT2D eigenvalue weighted by Gasteiger charge is -2.25. The molecular formula is C26H20N2O5. The number of carbonyl (C=O) groups is 2. The van der Waals surface area contributed by atoms with Crippen LogP contribution in [0.4, 0.5) is 5.69 Å². The lowest BCUT2D eigenvalue weighted by molar-refractivity contribution is -0.132. The molecule has 1 aliphatic rings. The van der Waals surface area contributed by atoms with E-state index in [0.29, 0.717) is 33.9 Å². The Morgan fingerprint density at radius 2 is 1.61 bits per heavy atom. The van der Waals surface area contributed by atoms with Gasteiger partial charge >= 0.3 is 0 Å². The molecule has 1 aliphatic heterocycles. The predicted molar refractivity (Wildman–Crippen MR) is 122 cm³/mol. The van der Waals surface area contributed by atoms with Crippen molar-refractivity contribution in [3.63, 3.8) is 0 Å². The van der Waals surface area contributed by atoms with Crippen molar-refractivity contribution >= 4 is 23.1 Å². The molecule has 1 atom stereocenters. The van der Waals surface area contributed by atoms with Gasteiger partial charge in [-0.3, -0.25) is 14.5 Å². The van der Waals surface area contributed by atoms with Crippen LogP contribution >= 0.6 is 0 Å². The van der Waals surface area contributed by atoms with Crippen molar-refractivity contribution in [1.82, 2.24) is 0 Å². The standard InChI is InChI=1S/C26H20N2O5/c1-32-20-12-8-17(9-13-20)24(29)22-23(18-4-3-5-21(14-18)33-2)28(26(31)25(22)30)19-10-6-16(15-27)7-11-19/h3-14,23,29H,1-2H3/b24-22-. The van der Waals surface area contributed by atoms with Crippen molar-refractivity contribution in [3.05, 3.63) is 95.1 Å². The summed E-state index contributed by atoms with van der Waals surface area (Å²) < 4.78 is 10.5. The van der Waals surface area contributed by atoms with Gasteiger partial charge in [0.1, 0.15) is 17.3 Å². The molecule has 1 fully saturated rings. The number of ether oxygens (including phenoxy) is 2. The highest BCUT2D eigenvalue weighted by Crippen LogP contribution is 2.42. The Morgan fingerprint density at radius 3 is 2.21 bits per heavy atom. The molecule has 0 aromatic heterocycles. The zero-order valence-electron chi connectivity index (χ0n) is 18.0. The van der Waals surface area contributed by atoms with Gasteiger partial charge in [-0.2, -0.15) is 5.26 Å². The Hall–Kier alpha value is -4.57. The van der Waals surface area contributed by atoms with Crippen molar-refractivity contribution < 1.29 is 24.2 Å². The second kappa shape index (κ2) is 8.89. The van der Waals surface area contributed by atoms with Crippen LogP contribution in [0, 0.1) is 11.3 Å². The number of aliphatic hydroxyl groups is 1. The summed E-state index contributed by atoms with van der Waals surface area (Å²) in [5, 5.41) is 20.2. The molecule has 0 bridgehead atoms. The molecule has 0 saturated carbocycles. The van der Waals surface area contributed by atoms with Gasteiger partial charge in [-0.25, -0.2) is 0 Å². The average molecular weight is 440 g/mol. The van der Waals surface area contributed by atoms with E-state index in [9.17, 15) is 14.7 Å². The molecular weight excluding hydrogens is 420 g/mol. The number of benzene rings is 3. The first-order valence-corrected chi connectivity index (χ1v) is 10.1. The van der Waals surface area contributed by atoms with E-state index in [2.05, 4.69) is 0 Å². The molecule has 0 spiro atoms. The summed E-state index contributed by atoms with van der Waals surface area (Å²) in [5.74, 6) is -0.737. The van der Waals surface area contributed by atoms with E-state index in [1.165, 1.54) is 19.1 Å². The van der Waals surface area contributed by atoms with Crippen LogP contribution in [0.25, 0.3) is 5.76 Å². The number of aliphatic hydroxyl groups excluding tert-OH is 1. The van der Waals surface area contributed by atoms with Crippen LogP contribution in [-0.2, 0) is 9.59 Å². The number of rotatable bonds is 5. The highest BCUT2D eigenvalue weighted by Gasteiger charge is 2.47. The zero-order valence-corrected chi connectivity index (χ0v) is 18.0. The molecule has 1 heterocycles. The number of Topliss-reactive ketones (excluding diaryl/α,β-unsaturated/α-hetero) is 1. The van der Waals surface area contributed by atoms with Crippen LogP contribution in [0.15, 0.2) is 78.4 Å². The summed E-state index contributed by atoms with van der Waals surface area (Å²) in [7, 11) is 3.05. The van der Waals surface area contributed by atoms with Gasteiger partial charge in [0.2, 0.25) is 0 Å². The van der Waals surface area contributed by atoms with E-state index in [0.717, 1.165) is 0 Å². The van der Waals surface area contributed by atoms with Gasteiger partial charge in [0.25, 0.3) is 11.7 Å². The van der Waals surface area contributed by atoms with Gasteiger partial charge in [0, 0.05) is 11.3 Å². The van der Waals surface area contributed by atoms with Crippen LogP contribution < -0.4 is 14.4 Å². The van der Waals surface area contributed by atoms with E-state index in [1.807, 2.05) is 6.07 Å². The smallest absolute Gasteiger partial charge is 0.300 e. The Morgan fingerprint density at radius 1 is 0.939 bits per heavy atom. The van der Waals surface area contributed by atoms with Gasteiger partial charge in [-0.05, 0) is 66.2 Å². The fourth-order valence-corrected chi connectivity index (χ4v) is 3.83. The Balaban J connectivity index is 1.92. The summed E-state index contributed by atoms with van der Waals surface area (Å²) in [6, 6.07) is 21.0. The first-order valence-electron chi connectivity index (χ1n) is 10.1. The normalized spacial score (nSPS) is 17.0. The number of anilines is 1. The fourth-order valence-electron chi connectivity index (χ4n) is 3.83. The molecule has 0 aliphatic carbocycles. The van der Waals surface area contributed by atoms with Gasteiger partial charge in [-0.1, -0.05) is 12.1 Å². The maximum absolute atomic E-state index is 13.2. The molecule has 4 rings (SSSR count). The lowest BCUT2D eigenvalue weighted by atomic mass is 9.95. The highest BCUT2D eigenvalue weighted by atomic mass is 16.5. The third kappa shape index (κ3) is 3.90. The Labute approximate surface area is 190 Å². The molecule has 7 heteroatoms. The molecule has 1 N–H and O–H groups in total. The molecule has 1 saturated heterocycles. The molecule has 0 radical (unpaired) electrons. The van der Waals surface area contributed by atoms with E-state index in [4.69, 9.17) is 14.7 Å². The second-order valence-electron chi connectivity index (χ2n) is 7.33. The highest BCUT2D eigenvalue weighted by molar-refractivity contribution is 6.51. The van der Waals surface area contributed by atoms with Crippen LogP contribution in [0.5, 0.6) is 11.5 Å². The minimum absolute atomic E-state index is 0.0391. The maximum Gasteiger partial charge on any atom is 0.300 e. The predicted octanol–water partition coefficient (Wildman–Crippen LogP) is 4.20. The topological polar surface area (TPSA) is 99.9 Å². The summed E-state index contributed by atoms with van der Waals surface area (Å²) in [4.78, 5) is 27.7. The molecule has 1 amide bonds. The number of carbonyl (C=O) groups excluding carboxylic acids is 2. The number of ketones is 1. The summed E-state index contributed by atoms with van der Waals surface area (Å²) in [6.07, 6.45) is 0. The first kappa shape index (κ1) is 21.7. The Bertz CT molecular complexity index is 1290. The zero-order chi connectivity index (χ0) is 23.5. The minimum atomic E-state index is -0.893. The number of methoxy groups -OCH3 is 2. The van der Waals surface area contributed by atoms with Crippen molar-refractivity contribution in [2.24, 2.45) is 0 Å². The van der Waals surface area contributed by atoms with Gasteiger partial charge < -0.3 is 14.6 Å². The van der Waals surface area contributed by atoms with Crippen LogP contribution in [0.1, 0.15) is 22.7 Å². The lowest BCUT2D eigenvalue weighted by Crippen LogP contribution is -2.29. The van der Waals surface area contributed by atoms with E-state index < -0.39 is 17.7 Å². The Kier molecular flexibility index (Phi) is 5.83. The van der Waals surface area contributed by atoms with Crippen molar-refractivity contribution in [2.45, 2.75) is 6.04 Å². The van der Waals surface area contributed by atoms with Crippen molar-refractivity contribution in [1.29, 1.82) is 5.26 Å². The van der Waals surface area contributed by atoms with Crippen LogP contribution in [0.3, 0.4) is 0 Å². The second-order valence-corrected chi connectivity index (χ2v) is 7.33. The van der Waals surface area contributed by atoms with Gasteiger partial charge in [0.05, 0.1) is 37.5 Å². The average Bonchev–Trinajstić information content (AvgIpc) is 3.14. The minimum Gasteiger partial charge on any atom is -0.507 e. The summed E-state index contributed by atoms with van der Waals surface area (Å²) in [5.41, 5.74) is 1.78. The number of nitrogens with zero attached hydrogens (tertiary/aromatic N) is 2. The van der Waals surface area contributed by atoms with E-state index in [1.54, 1.807) is 72.8 Å². The molecule has 3 aromatic rings. The van der Waals surface area contributed by atoms with E-state index >= 15 is 0 Å². The van der Waals surface area contributed by atoms with Crippen LogP contribution in [-0.4, -0.2) is 31.0 Å². The molecule has 33 heavy (non-hydrogen) atoms. The molecule has 3 aromatic carbocycles. The number of hydrogen-bond acceptors (Lipinski definition) is 6. The maximum atomic E-state index is 13.2. The third-order valence-corrected chi connectivity index (χ3v) is 5.49. The first-order chi connectivity index (χ1) is 16.0. The molecule has 1 unspecified atom stereocenters. The fraction of sp³-hybridized carbons (Fsp3) is 0.115. The summed E-state index contributed by atoms with van der Waals surface area (Å²) in [6.45, 7) is 0. The molecule has 164 valence electrons. The van der Waals surface area contributed by atoms with Crippen molar-refractivity contribution in [2.75, 3.05) is 19.1 Å². The number of amides is 1. The van der Waals surface area contributed by atoms with Gasteiger partial charge in [-0.15, -0.1) is 0 Å². The molecule has 7 nitrogen and oxygen atoms in total. The third-order valence-electron chi connectivity index (χ3n) is 5.49. The van der Waals surface area contributed by atoms with E-state index in [-0.39, 0.29) is 11.3 Å². The monoisotopic (exact) mass is 440 g/mol. The largest absolute Gasteiger partial charge is 0.507 e. The quantitative estimate of drug-likeness (QED) is 0.363. The van der Waals surface area contributed by atoms with Crippen molar-refractivity contribution in [3.8, 4) is 17.6 Å².